The molecule has 3 heteroatoms. The molecule has 1 amide bonds. The maximum absolute atomic E-state index is 11.1. The molecule has 0 aromatic heterocycles. The van der Waals surface area contributed by atoms with E-state index in [1.54, 1.807) is 6.92 Å². The molecular formula is C12H23N2O+. The molecule has 1 heterocycles. The summed E-state index contributed by atoms with van der Waals surface area (Å²) in [6.45, 7) is 14.4. The van der Waals surface area contributed by atoms with Crippen molar-refractivity contribution in [2.24, 2.45) is 0 Å². The number of carbonyl (C=O) groups excluding carboxylic acids is 1. The molecule has 1 rings (SSSR count). The highest BCUT2D eigenvalue weighted by molar-refractivity contribution is 5.73. The molecule has 0 radical (unpaired) electrons. The number of nitrogens with zero attached hydrogens (tertiary/aromatic N) is 1. The monoisotopic (exact) mass is 211 g/mol. The van der Waals surface area contributed by atoms with Crippen LogP contribution in [-0.4, -0.2) is 34.3 Å². The normalized spacial score (nSPS) is 25.0. The number of amides is 1. The summed E-state index contributed by atoms with van der Waals surface area (Å²) in [6, 6.07) is 0.269. The van der Waals surface area contributed by atoms with Crippen LogP contribution in [0.15, 0.2) is 0 Å². The zero-order valence-electron chi connectivity index (χ0n) is 10.6. The Labute approximate surface area is 92.6 Å². The van der Waals surface area contributed by atoms with Crippen LogP contribution in [0.2, 0.25) is 0 Å². The second-order valence-corrected chi connectivity index (χ2v) is 5.86. The molecule has 1 fully saturated rings. The fraction of sp³-hybridized carbons (Fsp3) is 0.833. The Hall–Kier alpha value is -0.860. The lowest BCUT2D eigenvalue weighted by Gasteiger charge is -2.42. The Kier molecular flexibility index (Phi) is 2.94. The lowest BCUT2D eigenvalue weighted by atomic mass is 9.78. The van der Waals surface area contributed by atoms with Crippen molar-refractivity contribution in [1.82, 2.24) is 5.32 Å². The largest absolute Gasteiger partial charge is 0.353 e. The predicted molar refractivity (Wildman–Crippen MR) is 62.4 cm³/mol. The Morgan fingerprint density at radius 2 is 1.67 bits per heavy atom. The third kappa shape index (κ3) is 2.58. The molecular weight excluding hydrogens is 188 g/mol. The zero-order chi connectivity index (χ0) is 11.9. The van der Waals surface area contributed by atoms with Crippen molar-refractivity contribution in [3.05, 3.63) is 0 Å². The first-order valence-corrected chi connectivity index (χ1v) is 5.53. The first-order valence-electron chi connectivity index (χ1n) is 5.53. The number of piperidine rings is 1. The second kappa shape index (κ2) is 3.62. The highest BCUT2D eigenvalue weighted by Crippen LogP contribution is 2.33. The minimum Gasteiger partial charge on any atom is -0.353 e. The quantitative estimate of drug-likeness (QED) is 0.656. The van der Waals surface area contributed by atoms with Gasteiger partial charge in [-0.1, -0.05) is 0 Å². The smallest absolute Gasteiger partial charge is 0.217 e. The molecule has 86 valence electrons. The van der Waals surface area contributed by atoms with Crippen LogP contribution in [0.5, 0.6) is 0 Å². The Balaban J connectivity index is 2.84. The van der Waals surface area contributed by atoms with E-state index >= 15 is 0 Å². The zero-order valence-corrected chi connectivity index (χ0v) is 10.6. The molecule has 15 heavy (non-hydrogen) atoms. The molecule has 0 aromatic carbocycles. The lowest BCUT2D eigenvalue weighted by Crippen LogP contribution is -2.59. The van der Waals surface area contributed by atoms with Crippen molar-refractivity contribution in [1.29, 1.82) is 0 Å². The Morgan fingerprint density at radius 3 is 2.00 bits per heavy atom. The van der Waals surface area contributed by atoms with Crippen LogP contribution < -0.4 is 5.32 Å². The van der Waals surface area contributed by atoms with Crippen molar-refractivity contribution in [2.75, 3.05) is 0 Å². The van der Waals surface area contributed by atoms with Gasteiger partial charge in [-0.05, 0) is 27.7 Å². The van der Waals surface area contributed by atoms with Crippen molar-refractivity contribution >= 4 is 12.6 Å². The summed E-state index contributed by atoms with van der Waals surface area (Å²) >= 11 is 0. The summed E-state index contributed by atoms with van der Waals surface area (Å²) in [6.07, 6.45) is 1.92. The molecule has 1 N–H and O–H groups in total. The molecule has 3 nitrogen and oxygen atoms in total. The average Bonchev–Trinajstić information content (AvgIpc) is 1.97. The summed E-state index contributed by atoms with van der Waals surface area (Å²) in [4.78, 5) is 11.1. The summed E-state index contributed by atoms with van der Waals surface area (Å²) in [5.41, 5.74) is 0.0731. The van der Waals surface area contributed by atoms with Gasteiger partial charge in [-0.3, -0.25) is 4.79 Å². The Bertz CT molecular complexity index is 272. The molecule has 0 unspecified atom stereocenters. The van der Waals surface area contributed by atoms with Gasteiger partial charge in [0.05, 0.1) is 0 Å². The van der Waals surface area contributed by atoms with E-state index in [2.05, 4.69) is 44.3 Å². The fourth-order valence-electron chi connectivity index (χ4n) is 2.71. The molecule has 1 aliphatic rings. The van der Waals surface area contributed by atoms with Gasteiger partial charge in [0.2, 0.25) is 5.91 Å². The minimum atomic E-state index is 0.0366. The van der Waals surface area contributed by atoms with E-state index < -0.39 is 0 Å². The summed E-state index contributed by atoms with van der Waals surface area (Å²) in [5, 5.41) is 3.02. The molecule has 0 atom stereocenters. The maximum Gasteiger partial charge on any atom is 0.217 e. The molecule has 0 aliphatic carbocycles. The van der Waals surface area contributed by atoms with Crippen molar-refractivity contribution < 1.29 is 9.37 Å². The highest BCUT2D eigenvalue weighted by Gasteiger charge is 2.48. The van der Waals surface area contributed by atoms with Gasteiger partial charge in [0, 0.05) is 25.8 Å². The fourth-order valence-corrected chi connectivity index (χ4v) is 2.71. The molecule has 0 bridgehead atoms. The van der Waals surface area contributed by atoms with E-state index in [4.69, 9.17) is 0 Å². The van der Waals surface area contributed by atoms with Gasteiger partial charge in [0.1, 0.15) is 6.72 Å². The van der Waals surface area contributed by atoms with Gasteiger partial charge in [-0.2, -0.15) is 0 Å². The number of hydrogen-bond donors (Lipinski definition) is 1. The highest BCUT2D eigenvalue weighted by atomic mass is 16.1. The van der Waals surface area contributed by atoms with E-state index in [1.807, 2.05) is 0 Å². The van der Waals surface area contributed by atoms with Crippen molar-refractivity contribution in [3.63, 3.8) is 0 Å². The number of nitrogens with one attached hydrogen (secondary N) is 1. The van der Waals surface area contributed by atoms with Crippen molar-refractivity contribution in [3.8, 4) is 0 Å². The van der Waals surface area contributed by atoms with Gasteiger partial charge in [0.25, 0.3) is 0 Å². The Morgan fingerprint density at radius 1 is 1.27 bits per heavy atom. The SMILES string of the molecule is C=[N+]1C(C)(C)CC(NC(C)=O)CC1(C)C. The summed E-state index contributed by atoms with van der Waals surface area (Å²) < 4.78 is 2.16. The van der Waals surface area contributed by atoms with Gasteiger partial charge in [-0.25, -0.2) is 4.58 Å². The second-order valence-electron chi connectivity index (χ2n) is 5.86. The van der Waals surface area contributed by atoms with Crippen LogP contribution in [0.25, 0.3) is 0 Å². The molecule has 0 spiro atoms. The first kappa shape index (κ1) is 12.2. The van der Waals surface area contributed by atoms with Gasteiger partial charge in [0.15, 0.2) is 11.1 Å². The van der Waals surface area contributed by atoms with Gasteiger partial charge in [-0.15, -0.1) is 0 Å². The topological polar surface area (TPSA) is 32.1 Å². The van der Waals surface area contributed by atoms with Crippen LogP contribution >= 0.6 is 0 Å². The summed E-state index contributed by atoms with van der Waals surface area (Å²) in [7, 11) is 0. The lowest BCUT2D eigenvalue weighted by molar-refractivity contribution is -0.669. The standard InChI is InChI=1S/C12H22N2O/c1-9(15)13-10-7-11(2,3)14(6)12(4,5)8-10/h10H,6-8H2,1-5H3/p+1. The first-order chi connectivity index (χ1) is 6.65. The van der Waals surface area contributed by atoms with Crippen molar-refractivity contribution in [2.45, 2.75) is 64.6 Å². The van der Waals surface area contributed by atoms with Crippen LogP contribution in [0, 0.1) is 0 Å². The van der Waals surface area contributed by atoms with Crippen LogP contribution in [-0.2, 0) is 4.79 Å². The van der Waals surface area contributed by atoms with Crippen LogP contribution in [0.1, 0.15) is 47.5 Å². The average molecular weight is 211 g/mol. The van der Waals surface area contributed by atoms with Crippen LogP contribution in [0.3, 0.4) is 0 Å². The van der Waals surface area contributed by atoms with E-state index in [0.29, 0.717) is 0 Å². The predicted octanol–water partition coefficient (Wildman–Crippen LogP) is 1.56. The maximum atomic E-state index is 11.1. The third-order valence-corrected chi connectivity index (χ3v) is 3.36. The van der Waals surface area contributed by atoms with Gasteiger partial charge < -0.3 is 5.32 Å². The third-order valence-electron chi connectivity index (χ3n) is 3.36. The molecule has 1 aliphatic heterocycles. The van der Waals surface area contributed by atoms with Crippen LogP contribution in [0.4, 0.5) is 0 Å². The van der Waals surface area contributed by atoms with Gasteiger partial charge >= 0.3 is 0 Å². The van der Waals surface area contributed by atoms with E-state index in [9.17, 15) is 4.79 Å². The molecule has 1 saturated heterocycles. The summed E-state index contributed by atoms with van der Waals surface area (Å²) in [5.74, 6) is 0.0594. The number of carbonyl (C=O) groups is 1. The molecule has 0 saturated carbocycles. The van der Waals surface area contributed by atoms with E-state index in [1.165, 1.54) is 0 Å². The number of hydrogen-bond acceptors (Lipinski definition) is 1. The van der Waals surface area contributed by atoms with E-state index in [0.717, 1.165) is 12.8 Å². The number of rotatable bonds is 1. The minimum absolute atomic E-state index is 0.0366. The molecule has 0 aromatic rings. The van der Waals surface area contributed by atoms with E-state index in [-0.39, 0.29) is 23.0 Å².